The van der Waals surface area contributed by atoms with Gasteiger partial charge in [0.05, 0.1) is 6.04 Å². The molecule has 0 radical (unpaired) electrons. The van der Waals surface area contributed by atoms with Crippen molar-refractivity contribution in [3.05, 3.63) is 71.8 Å². The average molecular weight is 407 g/mol. The number of hydrogen-bond donors (Lipinski definition) is 3. The van der Waals surface area contributed by atoms with E-state index >= 15 is 0 Å². The molecular formula is C24H30N4O2. The van der Waals surface area contributed by atoms with Gasteiger partial charge in [0.1, 0.15) is 0 Å². The number of hydrogen-bond acceptors (Lipinski definition) is 4. The lowest BCUT2D eigenvalue weighted by Gasteiger charge is -2.37. The number of piperazine rings is 1. The van der Waals surface area contributed by atoms with E-state index in [9.17, 15) is 9.59 Å². The molecule has 30 heavy (non-hydrogen) atoms. The van der Waals surface area contributed by atoms with E-state index in [4.69, 9.17) is 0 Å². The molecule has 0 bridgehead atoms. The van der Waals surface area contributed by atoms with Crippen LogP contribution in [0.1, 0.15) is 30.4 Å². The summed E-state index contributed by atoms with van der Waals surface area (Å²) in [4.78, 5) is 27.0. The van der Waals surface area contributed by atoms with E-state index in [1.54, 1.807) is 0 Å². The predicted octanol–water partition coefficient (Wildman–Crippen LogP) is 1.81. The van der Waals surface area contributed by atoms with E-state index in [0.29, 0.717) is 19.5 Å². The fourth-order valence-corrected chi connectivity index (χ4v) is 4.43. The van der Waals surface area contributed by atoms with Crippen molar-refractivity contribution >= 4 is 11.8 Å². The number of carbonyl (C=O) groups excluding carboxylic acids is 2. The molecule has 2 amide bonds. The van der Waals surface area contributed by atoms with Gasteiger partial charge in [0.25, 0.3) is 0 Å². The lowest BCUT2D eigenvalue weighted by molar-refractivity contribution is -0.129. The maximum atomic E-state index is 12.4. The second kappa shape index (κ2) is 9.87. The van der Waals surface area contributed by atoms with Gasteiger partial charge in [-0.2, -0.15) is 0 Å². The Balaban J connectivity index is 1.25. The maximum Gasteiger partial charge on any atom is 0.237 e. The first-order valence-electron chi connectivity index (χ1n) is 10.8. The summed E-state index contributed by atoms with van der Waals surface area (Å²) in [5, 5.41) is 9.63. The van der Waals surface area contributed by atoms with Gasteiger partial charge in [-0.05, 0) is 24.0 Å². The molecule has 2 aromatic rings. The number of nitrogens with one attached hydrogen (secondary N) is 3. The minimum atomic E-state index is -0.0931. The van der Waals surface area contributed by atoms with Gasteiger partial charge in [-0.1, -0.05) is 60.7 Å². The second-order valence-corrected chi connectivity index (χ2v) is 8.21. The van der Waals surface area contributed by atoms with Crippen LogP contribution in [0.4, 0.5) is 0 Å². The lowest BCUT2D eigenvalue weighted by atomic mass is 10.0. The van der Waals surface area contributed by atoms with Crippen molar-refractivity contribution in [1.29, 1.82) is 0 Å². The summed E-state index contributed by atoms with van der Waals surface area (Å²) < 4.78 is 0. The highest BCUT2D eigenvalue weighted by Gasteiger charge is 2.43. The second-order valence-electron chi connectivity index (χ2n) is 8.21. The number of rotatable bonds is 8. The van der Waals surface area contributed by atoms with Gasteiger partial charge in [-0.25, -0.2) is 0 Å². The molecule has 2 fully saturated rings. The first kappa shape index (κ1) is 20.6. The monoisotopic (exact) mass is 406 g/mol. The fraction of sp³-hybridized carbons (Fsp3) is 0.417. The van der Waals surface area contributed by atoms with Crippen LogP contribution in [-0.4, -0.2) is 47.9 Å². The quantitative estimate of drug-likeness (QED) is 0.625. The van der Waals surface area contributed by atoms with Crippen molar-refractivity contribution < 1.29 is 9.59 Å². The van der Waals surface area contributed by atoms with Crippen LogP contribution in [0.25, 0.3) is 0 Å². The Kier molecular flexibility index (Phi) is 6.77. The zero-order valence-electron chi connectivity index (χ0n) is 17.2. The van der Waals surface area contributed by atoms with Gasteiger partial charge in [0, 0.05) is 44.7 Å². The van der Waals surface area contributed by atoms with E-state index in [1.165, 1.54) is 5.56 Å². The first-order valence-corrected chi connectivity index (χ1v) is 10.8. The van der Waals surface area contributed by atoms with Crippen LogP contribution in [-0.2, 0) is 22.7 Å². The Morgan fingerprint density at radius 3 is 2.37 bits per heavy atom. The highest BCUT2D eigenvalue weighted by atomic mass is 16.2. The zero-order valence-corrected chi connectivity index (χ0v) is 17.2. The van der Waals surface area contributed by atoms with Gasteiger partial charge >= 0.3 is 0 Å². The van der Waals surface area contributed by atoms with Gasteiger partial charge in [0.15, 0.2) is 0 Å². The van der Waals surface area contributed by atoms with E-state index in [-0.39, 0.29) is 29.9 Å². The van der Waals surface area contributed by atoms with Gasteiger partial charge in [0.2, 0.25) is 11.8 Å². The Bertz CT molecular complexity index is 843. The average Bonchev–Trinajstić information content (AvgIpc) is 3.23. The van der Waals surface area contributed by atoms with Crippen LogP contribution in [0.5, 0.6) is 0 Å². The summed E-state index contributed by atoms with van der Waals surface area (Å²) >= 11 is 0. The van der Waals surface area contributed by atoms with Gasteiger partial charge in [-0.15, -0.1) is 0 Å². The van der Waals surface area contributed by atoms with Gasteiger partial charge in [-0.3, -0.25) is 14.5 Å². The van der Waals surface area contributed by atoms with Crippen molar-refractivity contribution in [2.75, 3.05) is 13.1 Å². The molecule has 6 heteroatoms. The molecule has 0 aliphatic carbocycles. The highest BCUT2D eigenvalue weighted by Crippen LogP contribution is 2.26. The van der Waals surface area contributed by atoms with E-state index in [0.717, 1.165) is 31.5 Å². The molecule has 4 rings (SSSR count). The molecule has 0 saturated carbocycles. The molecular weight excluding hydrogens is 376 g/mol. The van der Waals surface area contributed by atoms with E-state index < -0.39 is 0 Å². The topological polar surface area (TPSA) is 73.5 Å². The van der Waals surface area contributed by atoms with Gasteiger partial charge < -0.3 is 16.0 Å². The zero-order chi connectivity index (χ0) is 20.8. The summed E-state index contributed by atoms with van der Waals surface area (Å²) in [5.41, 5.74) is 2.35. The third kappa shape index (κ3) is 5.26. The van der Waals surface area contributed by atoms with Crippen molar-refractivity contribution in [3.63, 3.8) is 0 Å². The lowest BCUT2D eigenvalue weighted by Crippen LogP contribution is -2.58. The third-order valence-electron chi connectivity index (χ3n) is 6.10. The number of benzene rings is 2. The number of amides is 2. The molecule has 3 unspecified atom stereocenters. The van der Waals surface area contributed by atoms with Crippen LogP contribution < -0.4 is 16.0 Å². The predicted molar refractivity (Wildman–Crippen MR) is 117 cm³/mol. The Hall–Kier alpha value is -2.70. The summed E-state index contributed by atoms with van der Waals surface area (Å²) in [6, 6.07) is 20.7. The Morgan fingerprint density at radius 2 is 1.67 bits per heavy atom. The normalized spacial score (nSPS) is 23.6. The standard InChI is InChI=1S/C24H30N4O2/c29-23(26-15-19-9-5-2-6-10-19)12-11-21-16-27-24(30)22-13-20(17-28(21)22)25-14-18-7-3-1-4-8-18/h1-10,20-22,25H,11-17H2,(H,26,29)(H,27,30). The van der Waals surface area contributed by atoms with Crippen molar-refractivity contribution in [3.8, 4) is 0 Å². The highest BCUT2D eigenvalue weighted by molar-refractivity contribution is 5.83. The third-order valence-corrected chi connectivity index (χ3v) is 6.10. The molecule has 2 aromatic carbocycles. The Labute approximate surface area is 178 Å². The summed E-state index contributed by atoms with van der Waals surface area (Å²) in [5.74, 6) is 0.175. The molecule has 2 aliphatic rings. The first-order chi connectivity index (χ1) is 14.7. The van der Waals surface area contributed by atoms with Crippen LogP contribution in [0, 0.1) is 0 Å². The summed E-state index contributed by atoms with van der Waals surface area (Å²) in [6.45, 7) is 2.83. The maximum absolute atomic E-state index is 12.4. The van der Waals surface area contributed by atoms with Crippen molar-refractivity contribution in [2.45, 2.75) is 50.5 Å². The van der Waals surface area contributed by atoms with Crippen molar-refractivity contribution in [2.24, 2.45) is 0 Å². The number of carbonyl (C=O) groups is 2. The molecule has 0 spiro atoms. The molecule has 3 atom stereocenters. The largest absolute Gasteiger partial charge is 0.353 e. The molecule has 0 aromatic heterocycles. The molecule has 2 heterocycles. The molecule has 3 N–H and O–H groups in total. The van der Waals surface area contributed by atoms with Crippen LogP contribution in [0.3, 0.4) is 0 Å². The number of nitrogens with zero attached hydrogens (tertiary/aromatic N) is 1. The minimum Gasteiger partial charge on any atom is -0.353 e. The van der Waals surface area contributed by atoms with Crippen molar-refractivity contribution in [1.82, 2.24) is 20.9 Å². The fourth-order valence-electron chi connectivity index (χ4n) is 4.43. The summed E-state index contributed by atoms with van der Waals surface area (Å²) in [6.07, 6.45) is 2.04. The summed E-state index contributed by atoms with van der Waals surface area (Å²) in [7, 11) is 0. The smallest absolute Gasteiger partial charge is 0.237 e. The Morgan fingerprint density at radius 1 is 1.00 bits per heavy atom. The minimum absolute atomic E-state index is 0.0604. The van der Waals surface area contributed by atoms with Crippen LogP contribution in [0.15, 0.2) is 60.7 Å². The number of fused-ring (bicyclic) bond motifs is 1. The molecule has 6 nitrogen and oxygen atoms in total. The molecule has 158 valence electrons. The van der Waals surface area contributed by atoms with E-state index in [1.807, 2.05) is 48.5 Å². The SMILES string of the molecule is O=C(CCC1CNC(=O)C2CC(NCc3ccccc3)CN12)NCc1ccccc1. The van der Waals surface area contributed by atoms with Crippen LogP contribution >= 0.6 is 0 Å². The molecule has 2 aliphatic heterocycles. The molecule has 2 saturated heterocycles. The van der Waals surface area contributed by atoms with Crippen LogP contribution in [0.2, 0.25) is 0 Å². The van der Waals surface area contributed by atoms with E-state index in [2.05, 4.69) is 33.0 Å².